The monoisotopic (exact) mass is 1370 g/mol. The Morgan fingerprint density at radius 1 is 0.323 bits per heavy atom. The Balaban J connectivity index is 0.000000196. The van der Waals surface area contributed by atoms with Gasteiger partial charge in [-0.2, -0.15) is 33.7 Å². The molecule has 0 unspecified atom stereocenters. The Kier molecular flexibility index (Phi) is 22.2. The summed E-state index contributed by atoms with van der Waals surface area (Å²) in [5.74, 6) is 0. The van der Waals surface area contributed by atoms with Crippen molar-refractivity contribution >= 4 is 98.1 Å². The Hall–Kier alpha value is -9.50. The van der Waals surface area contributed by atoms with E-state index in [0.29, 0.717) is 0 Å². The molecule has 96 heavy (non-hydrogen) atoms. The molecule has 0 amide bonds. The third-order valence-corrected chi connectivity index (χ3v) is 19.4. The molecule has 0 atom stereocenters. The number of benzene rings is 4. The van der Waals surface area contributed by atoms with E-state index in [0.717, 1.165) is 128 Å². The standard InChI is InChI=1S/C44H44N8.4C7H8O3S/c1-49-21-13-29(14-22-49)41-33-5-7-35(45-33)42(30-15-23-50(2)24-16-30)37-9-11-39(47-37)44(32-19-27-52(4)28-20-32)40-12-10-38(48-40)43(36-8-6-34(41)46-36)31-17-25-51(3)26-18-31;4*1-6-2-4-7(5-3-6)11(8,9)10/h5-9,11,13-21,23,25,27,45,48H,10,12,22,24,26,28H2,1-4H3;4*2-5H,1H3,(H,8,9,10). The summed E-state index contributed by atoms with van der Waals surface area (Å²) in [7, 11) is -7.64. The minimum atomic E-state index is -4.02. The van der Waals surface area contributed by atoms with Gasteiger partial charge in [0.15, 0.2) is 0 Å². The largest absolute Gasteiger partial charge is 0.377 e. The second-order valence-corrected chi connectivity index (χ2v) is 29.3. The SMILES string of the molecule is CN1C=CC(c2c3nc(c(C4=CCN(C)C=C4)c4ccc([nH]4)c(C4=CCN(C)C=C4)c4nc(c(C5=CCN(C)C=C5)c5[nH]c2CC5)C=C4)C=C3)=CC1.Cc1ccc(S(=O)(=O)O)cc1.Cc1ccc(S(=O)(=O)O)cc1.Cc1ccc(S(=O)(=O)O)cc1.Cc1ccc(S(=O)(=O)O)cc1. The Morgan fingerprint density at radius 3 is 0.771 bits per heavy atom. The van der Waals surface area contributed by atoms with Crippen LogP contribution in [0.3, 0.4) is 0 Å². The maximum atomic E-state index is 10.5. The van der Waals surface area contributed by atoms with E-state index in [1.165, 1.54) is 71.1 Å². The summed E-state index contributed by atoms with van der Waals surface area (Å²) in [5, 5.41) is 0. The zero-order valence-corrected chi connectivity index (χ0v) is 57.5. The summed E-state index contributed by atoms with van der Waals surface area (Å²) in [6, 6.07) is 28.4. The van der Waals surface area contributed by atoms with Gasteiger partial charge in [0.05, 0.1) is 42.4 Å². The van der Waals surface area contributed by atoms with Crippen molar-refractivity contribution in [2.75, 3.05) is 54.4 Å². The van der Waals surface area contributed by atoms with Crippen molar-refractivity contribution in [3.05, 3.63) is 261 Å². The van der Waals surface area contributed by atoms with Crippen LogP contribution in [-0.4, -0.2) is 146 Å². The molecule has 7 aliphatic rings. The number of aromatic amines is 2. The van der Waals surface area contributed by atoms with Crippen molar-refractivity contribution in [2.45, 2.75) is 60.1 Å². The molecule has 7 aliphatic heterocycles. The van der Waals surface area contributed by atoms with Crippen molar-refractivity contribution in [3.8, 4) is 0 Å². The molecule has 0 fully saturated rings. The van der Waals surface area contributed by atoms with Crippen LogP contribution in [-0.2, 0) is 53.3 Å². The molecule has 500 valence electrons. The molecular weight excluding hydrogens is 1300 g/mol. The molecule has 4 aromatic carbocycles. The average molecular weight is 1370 g/mol. The Morgan fingerprint density at radius 2 is 0.552 bits per heavy atom. The lowest BCUT2D eigenvalue weighted by Gasteiger charge is -2.19. The predicted octanol–water partition coefficient (Wildman–Crippen LogP) is 12.5. The molecule has 13 rings (SSSR count). The number of aromatic nitrogens is 4. The number of hydrogen-bond acceptors (Lipinski definition) is 14. The number of rotatable bonds is 8. The van der Waals surface area contributed by atoms with Gasteiger partial charge in [-0.3, -0.25) is 18.2 Å². The van der Waals surface area contributed by atoms with E-state index < -0.39 is 40.5 Å². The van der Waals surface area contributed by atoms with Gasteiger partial charge in [0.25, 0.3) is 40.5 Å². The lowest BCUT2D eigenvalue weighted by molar-refractivity contribution is 0.481. The molecule has 20 nitrogen and oxygen atoms in total. The smallest absolute Gasteiger partial charge is 0.294 e. The second-order valence-electron chi connectivity index (χ2n) is 23.6. The van der Waals surface area contributed by atoms with Crippen molar-refractivity contribution in [3.63, 3.8) is 0 Å². The highest BCUT2D eigenvalue weighted by Crippen LogP contribution is 2.38. The summed E-state index contributed by atoms with van der Waals surface area (Å²) >= 11 is 0. The fourth-order valence-electron chi connectivity index (χ4n) is 10.6. The highest BCUT2D eigenvalue weighted by atomic mass is 32.2. The van der Waals surface area contributed by atoms with Crippen molar-refractivity contribution < 1.29 is 51.9 Å². The third-order valence-electron chi connectivity index (χ3n) is 15.9. The number of hydrogen-bond donors (Lipinski definition) is 6. The minimum Gasteiger partial charge on any atom is -0.377 e. The van der Waals surface area contributed by atoms with Crippen LogP contribution in [0.25, 0.3) is 57.6 Å². The maximum absolute atomic E-state index is 10.5. The summed E-state index contributed by atoms with van der Waals surface area (Å²) in [4.78, 5) is 27.3. The number of aryl methyl sites for hydroxylation is 6. The number of nitrogens with one attached hydrogen (secondary N) is 2. The lowest BCUT2D eigenvalue weighted by Crippen LogP contribution is -2.14. The maximum Gasteiger partial charge on any atom is 0.294 e. The fraction of sp³-hybridized carbons (Fsp3) is 0.194. The number of fused-ring (bicyclic) bond motifs is 8. The van der Waals surface area contributed by atoms with Gasteiger partial charge in [-0.1, -0.05) is 95.1 Å². The van der Waals surface area contributed by atoms with E-state index in [-0.39, 0.29) is 19.6 Å². The number of likely N-dealkylation sites (N-methyl/N-ethyl adjacent to an activating group) is 4. The van der Waals surface area contributed by atoms with Crippen molar-refractivity contribution in [2.24, 2.45) is 0 Å². The van der Waals surface area contributed by atoms with Gasteiger partial charge in [-0.25, -0.2) is 9.97 Å². The molecule has 24 heteroatoms. The molecule has 0 spiro atoms. The zero-order valence-electron chi connectivity index (χ0n) is 54.2. The Bertz CT molecular complexity index is 4510. The molecule has 0 aliphatic carbocycles. The normalized spacial score (nSPS) is 15.3. The number of allylic oxidation sites excluding steroid dienone is 8. The molecule has 2 aromatic heterocycles. The molecular formula is C72H76N8O12S4. The summed E-state index contributed by atoms with van der Waals surface area (Å²) in [6.45, 7) is 10.7. The third kappa shape index (κ3) is 18.5. The molecule has 0 saturated carbocycles. The first-order valence-electron chi connectivity index (χ1n) is 30.4. The summed E-state index contributed by atoms with van der Waals surface area (Å²) < 4.78 is 118. The minimum absolute atomic E-state index is 0.0666. The molecule has 0 radical (unpaired) electrons. The van der Waals surface area contributed by atoms with Crippen molar-refractivity contribution in [1.82, 2.24) is 39.5 Å². The van der Waals surface area contributed by atoms with Crippen LogP contribution in [0.1, 0.15) is 78.7 Å². The van der Waals surface area contributed by atoms with Crippen LogP contribution in [0.5, 0.6) is 0 Å². The molecule has 0 saturated heterocycles. The first-order valence-corrected chi connectivity index (χ1v) is 36.1. The first-order chi connectivity index (χ1) is 45.4. The van der Waals surface area contributed by atoms with Gasteiger partial charge in [0.2, 0.25) is 0 Å². The van der Waals surface area contributed by atoms with E-state index in [1.807, 2.05) is 27.7 Å². The molecule has 8 bridgehead atoms. The van der Waals surface area contributed by atoms with Gasteiger partial charge in [-0.05, 0) is 197 Å². The predicted molar refractivity (Wildman–Crippen MR) is 381 cm³/mol. The molecule has 6 aromatic rings. The highest BCUT2D eigenvalue weighted by Gasteiger charge is 2.25. The zero-order chi connectivity index (χ0) is 69.3. The summed E-state index contributed by atoms with van der Waals surface area (Å²) in [5.41, 5.74) is 21.4. The van der Waals surface area contributed by atoms with Crippen LogP contribution >= 0.6 is 0 Å². The van der Waals surface area contributed by atoms with Crippen LogP contribution in [0.15, 0.2) is 202 Å². The van der Waals surface area contributed by atoms with Crippen LogP contribution < -0.4 is 0 Å². The van der Waals surface area contributed by atoms with E-state index in [1.54, 1.807) is 48.5 Å². The average Bonchev–Trinajstić information content (AvgIpc) is 1.60. The van der Waals surface area contributed by atoms with Crippen LogP contribution in [0.4, 0.5) is 0 Å². The van der Waals surface area contributed by atoms with Crippen molar-refractivity contribution in [1.29, 1.82) is 0 Å². The second kappa shape index (κ2) is 30.1. The summed E-state index contributed by atoms with van der Waals surface area (Å²) in [6.07, 6.45) is 37.3. The quantitative estimate of drug-likeness (QED) is 0.0771. The van der Waals surface area contributed by atoms with Gasteiger partial charge < -0.3 is 29.6 Å². The lowest BCUT2D eigenvalue weighted by atomic mass is 9.97. The molecule has 6 N–H and O–H groups in total. The number of nitrogens with zero attached hydrogens (tertiary/aromatic N) is 6. The Labute approximate surface area is 561 Å². The van der Waals surface area contributed by atoms with E-state index in [9.17, 15) is 33.7 Å². The van der Waals surface area contributed by atoms with Crippen LogP contribution in [0, 0.1) is 27.7 Å². The number of H-pyrrole nitrogens is 2. The van der Waals surface area contributed by atoms with E-state index in [2.05, 4.69) is 168 Å². The first kappa shape index (κ1) is 70.8. The fourth-order valence-corrected chi connectivity index (χ4v) is 12.6. The topological polar surface area (TPSA) is 288 Å². The molecule has 9 heterocycles. The van der Waals surface area contributed by atoms with Gasteiger partial charge in [0.1, 0.15) is 0 Å². The van der Waals surface area contributed by atoms with E-state index in [4.69, 9.17) is 28.2 Å². The van der Waals surface area contributed by atoms with Gasteiger partial charge in [0, 0.05) is 99.0 Å². The van der Waals surface area contributed by atoms with E-state index >= 15 is 0 Å². The van der Waals surface area contributed by atoms with Crippen LogP contribution in [0.2, 0.25) is 0 Å². The highest BCUT2D eigenvalue weighted by molar-refractivity contribution is 7.86. The van der Waals surface area contributed by atoms with Gasteiger partial charge >= 0.3 is 0 Å². The van der Waals surface area contributed by atoms with Gasteiger partial charge in [-0.15, -0.1) is 0 Å².